The molecule has 2 aromatic rings. The zero-order chi connectivity index (χ0) is 15.2. The number of rotatable bonds is 6. The first-order valence-electron chi connectivity index (χ1n) is 7.20. The lowest BCUT2D eigenvalue weighted by molar-refractivity contribution is 0.385. The molecule has 0 saturated heterocycles. The number of hydrogen-bond acceptors (Lipinski definition) is 2. The first kappa shape index (κ1) is 15.5. The van der Waals surface area contributed by atoms with Crippen LogP contribution in [0, 0.1) is 12.7 Å². The third-order valence-electron chi connectivity index (χ3n) is 3.73. The monoisotopic (exact) mass is 287 g/mol. The molecule has 2 aromatic carbocycles. The molecule has 0 saturated carbocycles. The molecule has 0 heterocycles. The molecule has 1 unspecified atom stereocenters. The average Bonchev–Trinajstić information content (AvgIpc) is 2.48. The Labute approximate surface area is 126 Å². The lowest BCUT2D eigenvalue weighted by atomic mass is 9.98. The van der Waals surface area contributed by atoms with Crippen molar-refractivity contribution in [2.45, 2.75) is 25.8 Å². The summed E-state index contributed by atoms with van der Waals surface area (Å²) in [4.78, 5) is 0. The van der Waals surface area contributed by atoms with Gasteiger partial charge in [0, 0.05) is 6.04 Å². The van der Waals surface area contributed by atoms with Crippen molar-refractivity contribution in [2.75, 3.05) is 14.2 Å². The Morgan fingerprint density at radius 1 is 1.19 bits per heavy atom. The average molecular weight is 287 g/mol. The van der Waals surface area contributed by atoms with Gasteiger partial charge in [0.2, 0.25) is 0 Å². The minimum Gasteiger partial charge on any atom is -0.494 e. The Balaban J connectivity index is 2.07. The zero-order valence-electron chi connectivity index (χ0n) is 12.8. The van der Waals surface area contributed by atoms with Gasteiger partial charge in [-0.15, -0.1) is 0 Å². The molecule has 0 aliphatic carbocycles. The molecule has 112 valence electrons. The van der Waals surface area contributed by atoms with E-state index in [1.807, 2.05) is 13.1 Å². The van der Waals surface area contributed by atoms with Crippen LogP contribution in [0.3, 0.4) is 0 Å². The molecule has 1 N–H and O–H groups in total. The van der Waals surface area contributed by atoms with Crippen molar-refractivity contribution >= 4 is 0 Å². The second-order valence-corrected chi connectivity index (χ2v) is 5.26. The van der Waals surface area contributed by atoms with Crippen LogP contribution in [0.15, 0.2) is 42.5 Å². The third kappa shape index (κ3) is 4.05. The van der Waals surface area contributed by atoms with Gasteiger partial charge in [0.05, 0.1) is 7.11 Å². The minimum absolute atomic E-state index is 0.130. The largest absolute Gasteiger partial charge is 0.494 e. The Morgan fingerprint density at radius 3 is 2.62 bits per heavy atom. The summed E-state index contributed by atoms with van der Waals surface area (Å²) in [6, 6.07) is 13.8. The van der Waals surface area contributed by atoms with E-state index in [1.165, 1.54) is 18.2 Å². The van der Waals surface area contributed by atoms with Gasteiger partial charge in [0.1, 0.15) is 0 Å². The molecule has 0 bridgehead atoms. The van der Waals surface area contributed by atoms with Crippen molar-refractivity contribution in [1.29, 1.82) is 0 Å². The van der Waals surface area contributed by atoms with Gasteiger partial charge in [-0.1, -0.05) is 35.9 Å². The topological polar surface area (TPSA) is 21.3 Å². The van der Waals surface area contributed by atoms with Crippen LogP contribution in [0.4, 0.5) is 4.39 Å². The maximum absolute atomic E-state index is 13.8. The summed E-state index contributed by atoms with van der Waals surface area (Å²) < 4.78 is 18.8. The predicted octanol–water partition coefficient (Wildman–Crippen LogP) is 4.04. The highest BCUT2D eigenvalue weighted by molar-refractivity contribution is 5.31. The van der Waals surface area contributed by atoms with Crippen LogP contribution in [0.25, 0.3) is 0 Å². The maximum atomic E-state index is 13.8. The number of methoxy groups -OCH3 is 1. The first-order chi connectivity index (χ1) is 10.1. The van der Waals surface area contributed by atoms with E-state index in [-0.39, 0.29) is 17.6 Å². The van der Waals surface area contributed by atoms with Crippen LogP contribution >= 0.6 is 0 Å². The molecule has 0 aliphatic rings. The van der Waals surface area contributed by atoms with E-state index in [4.69, 9.17) is 4.74 Å². The molecular weight excluding hydrogens is 265 g/mol. The fourth-order valence-corrected chi connectivity index (χ4v) is 2.56. The van der Waals surface area contributed by atoms with E-state index in [1.54, 1.807) is 12.1 Å². The molecular formula is C18H22FNO. The number of hydrogen-bond donors (Lipinski definition) is 1. The Bertz CT molecular complexity index is 598. The van der Waals surface area contributed by atoms with E-state index in [9.17, 15) is 4.39 Å². The molecule has 3 heteroatoms. The SMILES string of the molecule is CNC(CCc1cccc(C)c1)c1ccc(OC)c(F)c1. The summed E-state index contributed by atoms with van der Waals surface area (Å²) in [5.74, 6) is -0.0295. The normalized spacial score (nSPS) is 12.2. The van der Waals surface area contributed by atoms with E-state index in [2.05, 4.69) is 36.5 Å². The van der Waals surface area contributed by atoms with Crippen LogP contribution in [-0.2, 0) is 6.42 Å². The van der Waals surface area contributed by atoms with Gasteiger partial charge in [0.15, 0.2) is 11.6 Å². The van der Waals surface area contributed by atoms with Gasteiger partial charge in [-0.3, -0.25) is 0 Å². The predicted molar refractivity (Wildman–Crippen MR) is 84.3 cm³/mol. The van der Waals surface area contributed by atoms with Crippen LogP contribution < -0.4 is 10.1 Å². The summed E-state index contributed by atoms with van der Waals surface area (Å²) in [6.45, 7) is 2.10. The molecule has 0 aromatic heterocycles. The van der Waals surface area contributed by atoms with E-state index in [0.29, 0.717) is 0 Å². The molecule has 0 amide bonds. The van der Waals surface area contributed by atoms with Gasteiger partial charge in [0.25, 0.3) is 0 Å². The van der Waals surface area contributed by atoms with E-state index >= 15 is 0 Å². The lowest BCUT2D eigenvalue weighted by Crippen LogP contribution is -2.17. The van der Waals surface area contributed by atoms with Crippen LogP contribution in [-0.4, -0.2) is 14.2 Å². The maximum Gasteiger partial charge on any atom is 0.165 e. The Kier molecular flexibility index (Phi) is 5.34. The van der Waals surface area contributed by atoms with Gasteiger partial charge in [-0.25, -0.2) is 4.39 Å². The molecule has 0 spiro atoms. The highest BCUT2D eigenvalue weighted by Gasteiger charge is 2.12. The molecule has 0 aliphatic heterocycles. The summed E-state index contributed by atoms with van der Waals surface area (Å²) in [7, 11) is 3.38. The van der Waals surface area contributed by atoms with Gasteiger partial charge < -0.3 is 10.1 Å². The zero-order valence-corrected chi connectivity index (χ0v) is 12.8. The Morgan fingerprint density at radius 2 is 2.00 bits per heavy atom. The molecule has 21 heavy (non-hydrogen) atoms. The summed E-state index contributed by atoms with van der Waals surface area (Å²) in [6.07, 6.45) is 1.88. The number of halogens is 1. The second kappa shape index (κ2) is 7.23. The fourth-order valence-electron chi connectivity index (χ4n) is 2.56. The van der Waals surface area contributed by atoms with Crippen molar-refractivity contribution in [1.82, 2.24) is 5.32 Å². The fraction of sp³-hybridized carbons (Fsp3) is 0.333. The standard InChI is InChI=1S/C18H22FNO/c1-13-5-4-6-14(11-13)7-9-17(20-2)15-8-10-18(21-3)16(19)12-15/h4-6,8,10-12,17,20H,7,9H2,1-3H3. The quantitative estimate of drug-likeness (QED) is 0.866. The molecule has 2 rings (SSSR count). The van der Waals surface area contributed by atoms with E-state index < -0.39 is 0 Å². The summed E-state index contributed by atoms with van der Waals surface area (Å²) in [5.41, 5.74) is 3.52. The third-order valence-corrected chi connectivity index (χ3v) is 3.73. The van der Waals surface area contributed by atoms with Gasteiger partial charge >= 0.3 is 0 Å². The van der Waals surface area contributed by atoms with Crippen LogP contribution in [0.1, 0.15) is 29.2 Å². The van der Waals surface area contributed by atoms with Crippen LogP contribution in [0.2, 0.25) is 0 Å². The van der Waals surface area contributed by atoms with E-state index in [0.717, 1.165) is 18.4 Å². The number of benzene rings is 2. The second-order valence-electron chi connectivity index (χ2n) is 5.26. The smallest absolute Gasteiger partial charge is 0.165 e. The number of aryl methyl sites for hydroxylation is 2. The first-order valence-corrected chi connectivity index (χ1v) is 7.20. The summed E-state index contributed by atoms with van der Waals surface area (Å²) in [5, 5.41) is 3.26. The van der Waals surface area contributed by atoms with Crippen molar-refractivity contribution in [3.63, 3.8) is 0 Å². The molecule has 2 nitrogen and oxygen atoms in total. The van der Waals surface area contributed by atoms with Crippen molar-refractivity contribution in [2.24, 2.45) is 0 Å². The van der Waals surface area contributed by atoms with Crippen molar-refractivity contribution in [3.05, 3.63) is 65.0 Å². The van der Waals surface area contributed by atoms with Crippen molar-refractivity contribution in [3.8, 4) is 5.75 Å². The highest BCUT2D eigenvalue weighted by atomic mass is 19.1. The van der Waals surface area contributed by atoms with Gasteiger partial charge in [-0.2, -0.15) is 0 Å². The Hall–Kier alpha value is -1.87. The highest BCUT2D eigenvalue weighted by Crippen LogP contribution is 2.24. The molecule has 0 fully saturated rings. The summed E-state index contributed by atoms with van der Waals surface area (Å²) >= 11 is 0. The minimum atomic E-state index is -0.314. The lowest BCUT2D eigenvalue weighted by Gasteiger charge is -2.17. The van der Waals surface area contributed by atoms with Gasteiger partial charge in [-0.05, 0) is 50.1 Å². The van der Waals surface area contributed by atoms with Crippen LogP contribution in [0.5, 0.6) is 5.75 Å². The number of ether oxygens (including phenoxy) is 1. The van der Waals surface area contributed by atoms with Crippen molar-refractivity contribution < 1.29 is 9.13 Å². The molecule has 0 radical (unpaired) electrons. The molecule has 1 atom stereocenters. The number of nitrogens with one attached hydrogen (secondary N) is 1.